The van der Waals surface area contributed by atoms with Crippen LogP contribution in [0.3, 0.4) is 0 Å². The van der Waals surface area contributed by atoms with Crippen LogP contribution in [-0.2, 0) is 13.0 Å². The highest BCUT2D eigenvalue weighted by Crippen LogP contribution is 2.35. The summed E-state index contributed by atoms with van der Waals surface area (Å²) in [5.41, 5.74) is 6.48. The van der Waals surface area contributed by atoms with Crippen molar-refractivity contribution in [3.05, 3.63) is 18.2 Å². The van der Waals surface area contributed by atoms with Crippen LogP contribution in [-0.4, -0.2) is 37.6 Å². The highest BCUT2D eigenvalue weighted by molar-refractivity contribution is 8.07. The van der Waals surface area contributed by atoms with Gasteiger partial charge in [-0.25, -0.2) is 4.98 Å². The van der Waals surface area contributed by atoms with Gasteiger partial charge in [-0.05, 0) is 12.8 Å². The van der Waals surface area contributed by atoms with Crippen LogP contribution >= 0.6 is 23.5 Å². The number of nitrogens with two attached hydrogens (primary N) is 1. The third-order valence-corrected chi connectivity index (χ3v) is 7.03. The van der Waals surface area contributed by atoms with E-state index < -0.39 is 0 Å². The molecule has 3 unspecified atom stereocenters. The van der Waals surface area contributed by atoms with Crippen molar-refractivity contribution in [3.8, 4) is 0 Å². The summed E-state index contributed by atoms with van der Waals surface area (Å²) in [4.78, 5) is 4.49. The Bertz CT molecular complexity index is 381. The van der Waals surface area contributed by atoms with Crippen molar-refractivity contribution in [1.82, 2.24) is 9.55 Å². The second-order valence-corrected chi connectivity index (χ2v) is 7.69. The van der Waals surface area contributed by atoms with E-state index in [4.69, 9.17) is 5.73 Å². The molecule has 2 heterocycles. The highest BCUT2D eigenvalue weighted by Gasteiger charge is 2.30. The van der Waals surface area contributed by atoms with E-state index in [1.165, 1.54) is 17.9 Å². The number of aryl methyl sites for hydroxylation is 1. The molecule has 1 aromatic rings. The monoisotopic (exact) mass is 299 g/mol. The first-order valence-electron chi connectivity index (χ1n) is 7.25. The van der Waals surface area contributed by atoms with Gasteiger partial charge in [0.1, 0.15) is 5.82 Å². The molecule has 2 N–H and O–H groups in total. The Balaban J connectivity index is 1.98. The number of hydrogen-bond donors (Lipinski definition) is 1. The van der Waals surface area contributed by atoms with Gasteiger partial charge in [-0.1, -0.05) is 13.8 Å². The smallest absolute Gasteiger partial charge is 0.110 e. The number of imidazole rings is 1. The van der Waals surface area contributed by atoms with Gasteiger partial charge in [0.25, 0.3) is 0 Å². The molecule has 1 fully saturated rings. The molecule has 2 rings (SSSR count). The maximum absolute atomic E-state index is 6.48. The average molecular weight is 300 g/mol. The molecule has 0 spiro atoms. The number of rotatable bonds is 6. The van der Waals surface area contributed by atoms with E-state index in [0.717, 1.165) is 25.2 Å². The topological polar surface area (TPSA) is 43.8 Å². The fourth-order valence-corrected chi connectivity index (χ4v) is 5.83. The zero-order valence-electron chi connectivity index (χ0n) is 11.9. The lowest BCUT2D eigenvalue weighted by atomic mass is 10.1. The second-order valence-electron chi connectivity index (χ2n) is 5.06. The summed E-state index contributed by atoms with van der Waals surface area (Å²) in [7, 11) is 0. The molecule has 0 bridgehead atoms. The first-order valence-corrected chi connectivity index (χ1v) is 9.34. The maximum atomic E-state index is 6.48. The van der Waals surface area contributed by atoms with Gasteiger partial charge in [0.2, 0.25) is 0 Å². The highest BCUT2D eigenvalue weighted by atomic mass is 32.2. The minimum Gasteiger partial charge on any atom is -0.335 e. The Morgan fingerprint density at radius 2 is 2.21 bits per heavy atom. The van der Waals surface area contributed by atoms with Gasteiger partial charge in [-0.2, -0.15) is 23.5 Å². The third kappa shape index (κ3) is 3.92. The number of thioether (sulfide) groups is 2. The Labute approximate surface area is 125 Å². The van der Waals surface area contributed by atoms with E-state index in [1.807, 2.05) is 6.20 Å². The zero-order chi connectivity index (χ0) is 13.7. The fraction of sp³-hybridized carbons (Fsp3) is 0.786. The molecule has 1 aromatic heterocycles. The normalized spacial score (nSPS) is 25.4. The van der Waals surface area contributed by atoms with Crippen molar-refractivity contribution in [3.63, 3.8) is 0 Å². The molecule has 0 aromatic carbocycles. The third-order valence-electron chi connectivity index (χ3n) is 3.60. The van der Waals surface area contributed by atoms with Crippen LogP contribution in [0.25, 0.3) is 0 Å². The first kappa shape index (κ1) is 15.3. The quantitative estimate of drug-likeness (QED) is 0.877. The Morgan fingerprint density at radius 3 is 2.95 bits per heavy atom. The molecule has 5 heteroatoms. The molecule has 0 saturated carbocycles. The number of nitrogens with zero attached hydrogens (tertiary/aromatic N) is 2. The van der Waals surface area contributed by atoms with E-state index in [-0.39, 0.29) is 6.04 Å². The summed E-state index contributed by atoms with van der Waals surface area (Å²) in [6, 6.07) is 0.223. The number of hydrogen-bond acceptors (Lipinski definition) is 4. The lowest BCUT2D eigenvalue weighted by Gasteiger charge is -2.34. The molecule has 1 saturated heterocycles. The van der Waals surface area contributed by atoms with Crippen molar-refractivity contribution >= 4 is 23.5 Å². The summed E-state index contributed by atoms with van der Waals surface area (Å²) in [5.74, 6) is 3.67. The SMILES string of the molecule is CCCn1ccnc1CC(N)C1SCCSC1CC. The molecule has 0 radical (unpaired) electrons. The van der Waals surface area contributed by atoms with Crippen molar-refractivity contribution in [1.29, 1.82) is 0 Å². The van der Waals surface area contributed by atoms with Crippen molar-refractivity contribution < 1.29 is 0 Å². The van der Waals surface area contributed by atoms with Gasteiger partial charge >= 0.3 is 0 Å². The van der Waals surface area contributed by atoms with E-state index in [2.05, 4.69) is 53.1 Å². The van der Waals surface area contributed by atoms with Crippen LogP contribution in [0.15, 0.2) is 12.4 Å². The number of aromatic nitrogens is 2. The largest absolute Gasteiger partial charge is 0.335 e. The van der Waals surface area contributed by atoms with E-state index in [9.17, 15) is 0 Å². The van der Waals surface area contributed by atoms with Gasteiger partial charge < -0.3 is 10.3 Å². The van der Waals surface area contributed by atoms with Crippen LogP contribution < -0.4 is 5.73 Å². The van der Waals surface area contributed by atoms with Crippen LogP contribution in [0, 0.1) is 0 Å². The molecule has 0 aliphatic carbocycles. The predicted molar refractivity (Wildman–Crippen MR) is 87.0 cm³/mol. The molecule has 3 nitrogen and oxygen atoms in total. The molecule has 1 aliphatic heterocycles. The van der Waals surface area contributed by atoms with Gasteiger partial charge in [-0.15, -0.1) is 0 Å². The summed E-state index contributed by atoms with van der Waals surface area (Å²) in [5, 5.41) is 1.29. The van der Waals surface area contributed by atoms with E-state index >= 15 is 0 Å². The van der Waals surface area contributed by atoms with E-state index in [0.29, 0.717) is 10.5 Å². The standard InChI is InChI=1S/C14H25N3S2/c1-3-6-17-7-5-16-13(17)10-11(15)14-12(4-2)18-8-9-19-14/h5,7,11-12,14H,3-4,6,8-10,15H2,1-2H3. The van der Waals surface area contributed by atoms with Gasteiger partial charge in [0.15, 0.2) is 0 Å². The summed E-state index contributed by atoms with van der Waals surface area (Å²) < 4.78 is 2.25. The molecular weight excluding hydrogens is 274 g/mol. The van der Waals surface area contributed by atoms with Crippen molar-refractivity contribution in [2.45, 2.75) is 56.2 Å². The minimum absolute atomic E-state index is 0.223. The van der Waals surface area contributed by atoms with Gasteiger partial charge in [0, 0.05) is 53.4 Å². The molecule has 19 heavy (non-hydrogen) atoms. The summed E-state index contributed by atoms with van der Waals surface area (Å²) >= 11 is 4.16. The van der Waals surface area contributed by atoms with Crippen LogP contribution in [0.4, 0.5) is 0 Å². The molecule has 3 atom stereocenters. The van der Waals surface area contributed by atoms with Crippen LogP contribution in [0.2, 0.25) is 0 Å². The van der Waals surface area contributed by atoms with E-state index in [1.54, 1.807) is 0 Å². The average Bonchev–Trinajstić information content (AvgIpc) is 2.86. The van der Waals surface area contributed by atoms with Crippen LogP contribution in [0.5, 0.6) is 0 Å². The zero-order valence-corrected chi connectivity index (χ0v) is 13.6. The lowest BCUT2D eigenvalue weighted by molar-refractivity contribution is 0.553. The summed E-state index contributed by atoms with van der Waals surface area (Å²) in [6.45, 7) is 5.53. The Kier molecular flexibility index (Phi) is 6.10. The summed E-state index contributed by atoms with van der Waals surface area (Å²) in [6.07, 6.45) is 7.24. The second kappa shape index (κ2) is 7.60. The molecule has 0 amide bonds. The van der Waals surface area contributed by atoms with Gasteiger partial charge in [0.05, 0.1) is 0 Å². The predicted octanol–water partition coefficient (Wildman–Crippen LogP) is 2.79. The maximum Gasteiger partial charge on any atom is 0.110 e. The Hall–Kier alpha value is -0.130. The fourth-order valence-electron chi connectivity index (χ4n) is 2.64. The van der Waals surface area contributed by atoms with Crippen molar-refractivity contribution in [2.24, 2.45) is 5.73 Å². The Morgan fingerprint density at radius 1 is 1.42 bits per heavy atom. The molecular formula is C14H25N3S2. The lowest BCUT2D eigenvalue weighted by Crippen LogP contribution is -2.43. The van der Waals surface area contributed by atoms with Gasteiger partial charge in [-0.3, -0.25) is 0 Å². The molecule has 1 aliphatic rings. The minimum atomic E-state index is 0.223. The van der Waals surface area contributed by atoms with Crippen molar-refractivity contribution in [2.75, 3.05) is 11.5 Å². The molecule has 108 valence electrons. The van der Waals surface area contributed by atoms with Crippen LogP contribution in [0.1, 0.15) is 32.5 Å². The first-order chi connectivity index (χ1) is 9.26.